The van der Waals surface area contributed by atoms with E-state index in [0.29, 0.717) is 23.9 Å². The first-order chi connectivity index (χ1) is 11.5. The molecule has 0 N–H and O–H groups in total. The highest BCUT2D eigenvalue weighted by molar-refractivity contribution is 7.89. The van der Waals surface area contributed by atoms with Gasteiger partial charge >= 0.3 is 0 Å². The number of pyridine rings is 1. The third-order valence-corrected chi connectivity index (χ3v) is 6.19. The minimum absolute atomic E-state index is 0.230. The Bertz CT molecular complexity index is 803. The fourth-order valence-corrected chi connectivity index (χ4v) is 4.77. The lowest BCUT2D eigenvalue weighted by molar-refractivity contribution is 0.309. The Labute approximate surface area is 143 Å². The van der Waals surface area contributed by atoms with Gasteiger partial charge in [0.25, 0.3) is 0 Å². The molecule has 0 saturated carbocycles. The van der Waals surface area contributed by atoms with E-state index in [-0.39, 0.29) is 6.04 Å². The molecule has 128 valence electrons. The van der Waals surface area contributed by atoms with Crippen molar-refractivity contribution in [2.75, 3.05) is 13.2 Å². The molecule has 1 saturated heterocycles. The molecule has 0 aliphatic carbocycles. The van der Waals surface area contributed by atoms with Gasteiger partial charge in [-0.3, -0.25) is 0 Å². The van der Waals surface area contributed by atoms with Crippen molar-refractivity contribution >= 4 is 10.0 Å². The van der Waals surface area contributed by atoms with E-state index < -0.39 is 10.0 Å². The highest BCUT2D eigenvalue weighted by Gasteiger charge is 2.37. The summed E-state index contributed by atoms with van der Waals surface area (Å²) in [5.74, 6) is 0.524. The summed E-state index contributed by atoms with van der Waals surface area (Å²) in [5, 5.41) is 0. The van der Waals surface area contributed by atoms with E-state index in [1.54, 1.807) is 22.6 Å². The Hall–Kier alpha value is -1.92. The van der Waals surface area contributed by atoms with E-state index in [2.05, 4.69) is 4.98 Å². The highest BCUT2D eigenvalue weighted by atomic mass is 32.2. The number of aromatic nitrogens is 1. The lowest BCUT2D eigenvalue weighted by atomic mass is 10.1. The van der Waals surface area contributed by atoms with Gasteiger partial charge < -0.3 is 4.74 Å². The third-order valence-electron chi connectivity index (χ3n) is 4.27. The molecule has 0 amide bonds. The molecule has 3 rings (SSSR count). The molecule has 0 unspecified atom stereocenters. The van der Waals surface area contributed by atoms with Crippen LogP contribution in [0.2, 0.25) is 0 Å². The fourth-order valence-electron chi connectivity index (χ4n) is 3.10. The molecule has 24 heavy (non-hydrogen) atoms. The first kappa shape index (κ1) is 16.9. The Kier molecular flexibility index (Phi) is 4.87. The molecule has 1 aliphatic rings. The predicted octanol–water partition coefficient (Wildman–Crippen LogP) is 3.31. The molecule has 1 aromatic carbocycles. The summed E-state index contributed by atoms with van der Waals surface area (Å²) in [6, 6.07) is 10.5. The summed E-state index contributed by atoms with van der Waals surface area (Å²) in [5.41, 5.74) is 1.88. The Morgan fingerprint density at radius 2 is 2.00 bits per heavy atom. The lowest BCUT2D eigenvalue weighted by Crippen LogP contribution is -2.31. The predicted molar refractivity (Wildman–Crippen MR) is 92.5 cm³/mol. The van der Waals surface area contributed by atoms with Crippen LogP contribution in [0.4, 0.5) is 0 Å². The number of ether oxygens (including phenoxy) is 1. The van der Waals surface area contributed by atoms with Crippen LogP contribution in [0.1, 0.15) is 36.9 Å². The van der Waals surface area contributed by atoms with Gasteiger partial charge in [0.15, 0.2) is 0 Å². The van der Waals surface area contributed by atoms with Crippen molar-refractivity contribution in [3.8, 4) is 5.88 Å². The summed E-state index contributed by atoms with van der Waals surface area (Å²) < 4.78 is 33.3. The molecular formula is C18H22N2O3S. The van der Waals surface area contributed by atoms with Crippen LogP contribution in [-0.4, -0.2) is 30.9 Å². The molecule has 1 aromatic heterocycles. The van der Waals surface area contributed by atoms with Crippen molar-refractivity contribution < 1.29 is 13.2 Å². The van der Waals surface area contributed by atoms with Crippen molar-refractivity contribution in [3.63, 3.8) is 0 Å². The zero-order valence-electron chi connectivity index (χ0n) is 14.0. The maximum absolute atomic E-state index is 13.1. The number of hydrogen-bond acceptors (Lipinski definition) is 4. The van der Waals surface area contributed by atoms with Crippen LogP contribution in [0.15, 0.2) is 47.5 Å². The smallest absolute Gasteiger partial charge is 0.243 e. The van der Waals surface area contributed by atoms with Crippen molar-refractivity contribution in [1.82, 2.24) is 9.29 Å². The van der Waals surface area contributed by atoms with Crippen LogP contribution in [-0.2, 0) is 10.0 Å². The molecule has 0 bridgehead atoms. The van der Waals surface area contributed by atoms with Crippen LogP contribution in [0, 0.1) is 6.92 Å². The number of nitrogens with zero attached hydrogens (tertiary/aromatic N) is 2. The molecule has 0 radical (unpaired) electrons. The molecule has 0 spiro atoms. The summed E-state index contributed by atoms with van der Waals surface area (Å²) >= 11 is 0. The third kappa shape index (κ3) is 3.16. The molecule has 1 aliphatic heterocycles. The number of benzene rings is 1. The van der Waals surface area contributed by atoms with Crippen LogP contribution in [0.3, 0.4) is 0 Å². The van der Waals surface area contributed by atoms with Gasteiger partial charge in [-0.15, -0.1) is 0 Å². The average molecular weight is 346 g/mol. The van der Waals surface area contributed by atoms with Crippen molar-refractivity contribution in [2.24, 2.45) is 0 Å². The minimum atomic E-state index is -3.53. The van der Waals surface area contributed by atoms with E-state index in [1.165, 1.54) is 0 Å². The average Bonchev–Trinajstić information content (AvgIpc) is 3.06. The summed E-state index contributed by atoms with van der Waals surface area (Å²) in [4.78, 5) is 4.61. The van der Waals surface area contributed by atoms with E-state index in [1.807, 2.05) is 38.1 Å². The second-order valence-corrected chi connectivity index (χ2v) is 7.81. The number of hydrogen-bond donors (Lipinski definition) is 0. The van der Waals surface area contributed by atoms with Gasteiger partial charge in [0.1, 0.15) is 0 Å². The van der Waals surface area contributed by atoms with E-state index in [4.69, 9.17) is 4.74 Å². The number of aryl methyl sites for hydroxylation is 1. The van der Waals surface area contributed by atoms with Gasteiger partial charge in [0.05, 0.1) is 17.5 Å². The molecule has 2 heterocycles. The molecule has 6 heteroatoms. The zero-order chi connectivity index (χ0) is 17.2. The zero-order valence-corrected chi connectivity index (χ0v) is 14.8. The largest absolute Gasteiger partial charge is 0.478 e. The van der Waals surface area contributed by atoms with Crippen molar-refractivity contribution in [1.29, 1.82) is 0 Å². The topological polar surface area (TPSA) is 59.5 Å². The molecule has 5 nitrogen and oxygen atoms in total. The van der Waals surface area contributed by atoms with Gasteiger partial charge in [-0.1, -0.05) is 23.8 Å². The normalized spacial score (nSPS) is 18.7. The van der Waals surface area contributed by atoms with Gasteiger partial charge in [0.2, 0.25) is 15.9 Å². The Balaban J connectivity index is 1.98. The quantitative estimate of drug-likeness (QED) is 0.833. The van der Waals surface area contributed by atoms with E-state index in [0.717, 1.165) is 24.0 Å². The Morgan fingerprint density at radius 3 is 2.71 bits per heavy atom. The van der Waals surface area contributed by atoms with Gasteiger partial charge in [0, 0.05) is 18.3 Å². The first-order valence-corrected chi connectivity index (χ1v) is 9.64. The lowest BCUT2D eigenvalue weighted by Gasteiger charge is -2.25. The minimum Gasteiger partial charge on any atom is -0.478 e. The molecular weight excluding hydrogens is 324 g/mol. The molecule has 1 atom stereocenters. The molecule has 1 fully saturated rings. The Morgan fingerprint density at radius 1 is 1.25 bits per heavy atom. The van der Waals surface area contributed by atoms with Crippen LogP contribution >= 0.6 is 0 Å². The standard InChI is InChI=1S/C18H22N2O3S/c1-3-23-18-16(6-4-12-19-18)17-7-5-13-20(17)24(21,22)15-10-8-14(2)9-11-15/h4,6,8-12,17H,3,5,7,13H2,1-2H3/t17-/m0/s1. The van der Waals surface area contributed by atoms with E-state index in [9.17, 15) is 8.42 Å². The van der Waals surface area contributed by atoms with Gasteiger partial charge in [-0.25, -0.2) is 13.4 Å². The fraction of sp³-hybridized carbons (Fsp3) is 0.389. The second kappa shape index (κ2) is 6.91. The maximum Gasteiger partial charge on any atom is 0.243 e. The summed E-state index contributed by atoms with van der Waals surface area (Å²) in [7, 11) is -3.53. The van der Waals surface area contributed by atoms with Gasteiger partial charge in [-0.05, 0) is 44.9 Å². The van der Waals surface area contributed by atoms with Crippen molar-refractivity contribution in [3.05, 3.63) is 53.7 Å². The van der Waals surface area contributed by atoms with Crippen LogP contribution in [0.25, 0.3) is 0 Å². The SMILES string of the molecule is CCOc1ncccc1[C@@H]1CCCN1S(=O)(=O)c1ccc(C)cc1. The van der Waals surface area contributed by atoms with E-state index >= 15 is 0 Å². The summed E-state index contributed by atoms with van der Waals surface area (Å²) in [6.07, 6.45) is 3.27. The summed E-state index contributed by atoms with van der Waals surface area (Å²) in [6.45, 7) is 4.86. The van der Waals surface area contributed by atoms with Crippen LogP contribution < -0.4 is 4.74 Å². The maximum atomic E-state index is 13.1. The van der Waals surface area contributed by atoms with Crippen LogP contribution in [0.5, 0.6) is 5.88 Å². The number of rotatable bonds is 5. The first-order valence-electron chi connectivity index (χ1n) is 8.20. The van der Waals surface area contributed by atoms with Crippen molar-refractivity contribution in [2.45, 2.75) is 37.6 Å². The van der Waals surface area contributed by atoms with Gasteiger partial charge in [-0.2, -0.15) is 4.31 Å². The highest BCUT2D eigenvalue weighted by Crippen LogP contribution is 2.39. The number of sulfonamides is 1. The second-order valence-electron chi connectivity index (χ2n) is 5.92. The monoisotopic (exact) mass is 346 g/mol. The molecule has 2 aromatic rings.